The van der Waals surface area contributed by atoms with Crippen LogP contribution in [0.15, 0.2) is 66.9 Å². The van der Waals surface area contributed by atoms with Crippen LogP contribution in [0.3, 0.4) is 0 Å². The molecule has 0 bridgehead atoms. The van der Waals surface area contributed by atoms with Crippen molar-refractivity contribution in [2.24, 2.45) is 0 Å². The van der Waals surface area contributed by atoms with Crippen molar-refractivity contribution in [2.75, 3.05) is 18.4 Å². The number of aromatic nitrogens is 2. The van der Waals surface area contributed by atoms with E-state index in [-0.39, 0.29) is 23.6 Å². The molecule has 1 saturated heterocycles. The number of carbonyl (C=O) groups excluding carboxylic acids is 1. The first-order valence-corrected chi connectivity index (χ1v) is 10.8. The second-order valence-corrected chi connectivity index (χ2v) is 7.90. The number of carbonyl (C=O) groups is 1. The van der Waals surface area contributed by atoms with E-state index < -0.39 is 0 Å². The van der Waals surface area contributed by atoms with E-state index in [1.165, 1.54) is 6.07 Å². The Morgan fingerprint density at radius 3 is 2.71 bits per heavy atom. The number of likely N-dealkylation sites (tertiary alicyclic amines) is 1. The molecule has 5 nitrogen and oxygen atoms in total. The monoisotopic (exact) mass is 418 g/mol. The minimum atomic E-state index is -0.350. The summed E-state index contributed by atoms with van der Waals surface area (Å²) in [5.41, 5.74) is 2.28. The summed E-state index contributed by atoms with van der Waals surface area (Å²) in [5, 5.41) is 2.96. The van der Waals surface area contributed by atoms with Gasteiger partial charge in [0.05, 0.1) is 17.3 Å². The molecule has 1 fully saturated rings. The third-order valence-electron chi connectivity index (χ3n) is 5.86. The van der Waals surface area contributed by atoms with E-state index >= 15 is 0 Å². The molecule has 4 rings (SSSR count). The van der Waals surface area contributed by atoms with Gasteiger partial charge in [-0.2, -0.15) is 0 Å². The van der Waals surface area contributed by atoms with Gasteiger partial charge in [-0.3, -0.25) is 4.79 Å². The van der Waals surface area contributed by atoms with Crippen LogP contribution in [0.1, 0.15) is 49.3 Å². The van der Waals surface area contributed by atoms with Crippen LogP contribution in [0.25, 0.3) is 0 Å². The lowest BCUT2D eigenvalue weighted by Crippen LogP contribution is -2.41. The van der Waals surface area contributed by atoms with Gasteiger partial charge in [0, 0.05) is 25.2 Å². The molecule has 31 heavy (non-hydrogen) atoms. The number of piperidine rings is 1. The standard InChI is InChI=1S/C25H27FN4O/c1-2-20(18-9-4-3-5-10-18)24(31)30-16-8-11-19(17-30)22-14-15-27-25(28-22)29-23-13-7-6-12-21(23)26/h3-7,9-10,12-15,19-20H,2,8,11,16-17H2,1H3,(H,27,28,29). The molecule has 1 aliphatic heterocycles. The van der Waals surface area contributed by atoms with Crippen LogP contribution in [0.4, 0.5) is 16.0 Å². The number of nitrogens with zero attached hydrogens (tertiary/aromatic N) is 3. The molecule has 0 aliphatic carbocycles. The quantitative estimate of drug-likeness (QED) is 0.593. The minimum Gasteiger partial charge on any atom is -0.342 e. The molecule has 2 heterocycles. The SMILES string of the molecule is CCC(C(=O)N1CCCC(c2ccnc(Nc3ccccc3F)n2)C1)c1ccccc1. The van der Waals surface area contributed by atoms with Gasteiger partial charge in [-0.25, -0.2) is 14.4 Å². The van der Waals surface area contributed by atoms with Crippen LogP contribution >= 0.6 is 0 Å². The number of anilines is 2. The lowest BCUT2D eigenvalue weighted by molar-refractivity contribution is -0.134. The van der Waals surface area contributed by atoms with E-state index in [0.29, 0.717) is 18.2 Å². The van der Waals surface area contributed by atoms with Gasteiger partial charge in [0.1, 0.15) is 5.82 Å². The summed E-state index contributed by atoms with van der Waals surface area (Å²) in [5.74, 6) is 0.204. The number of hydrogen-bond donors (Lipinski definition) is 1. The maximum absolute atomic E-state index is 14.0. The van der Waals surface area contributed by atoms with Crippen molar-refractivity contribution in [3.8, 4) is 0 Å². The molecule has 0 spiro atoms. The molecule has 1 N–H and O–H groups in total. The van der Waals surface area contributed by atoms with Gasteiger partial charge in [0.2, 0.25) is 11.9 Å². The summed E-state index contributed by atoms with van der Waals surface area (Å²) in [6.45, 7) is 3.46. The number of benzene rings is 2. The number of rotatable bonds is 6. The maximum Gasteiger partial charge on any atom is 0.230 e. The summed E-state index contributed by atoms with van der Waals surface area (Å²) < 4.78 is 14.0. The van der Waals surface area contributed by atoms with Crippen LogP contribution in [-0.2, 0) is 4.79 Å². The summed E-state index contributed by atoms with van der Waals surface area (Å²) >= 11 is 0. The van der Waals surface area contributed by atoms with Gasteiger partial charge in [-0.1, -0.05) is 49.4 Å². The molecule has 2 unspecified atom stereocenters. The van der Waals surface area contributed by atoms with Gasteiger partial charge in [0.15, 0.2) is 0 Å². The maximum atomic E-state index is 14.0. The van der Waals surface area contributed by atoms with Crippen molar-refractivity contribution < 1.29 is 9.18 Å². The van der Waals surface area contributed by atoms with Gasteiger partial charge in [-0.15, -0.1) is 0 Å². The second-order valence-electron chi connectivity index (χ2n) is 7.90. The summed E-state index contributed by atoms with van der Waals surface area (Å²) in [4.78, 5) is 24.1. The fourth-order valence-corrected chi connectivity index (χ4v) is 4.22. The Bertz CT molecular complexity index is 1030. The number of para-hydroxylation sites is 1. The minimum absolute atomic E-state index is 0.122. The van der Waals surface area contributed by atoms with E-state index in [2.05, 4.69) is 22.2 Å². The van der Waals surface area contributed by atoms with E-state index in [1.807, 2.05) is 41.3 Å². The summed E-state index contributed by atoms with van der Waals surface area (Å²) in [7, 11) is 0. The number of nitrogens with one attached hydrogen (secondary N) is 1. The summed E-state index contributed by atoms with van der Waals surface area (Å²) in [6, 6.07) is 18.3. The predicted molar refractivity (Wildman–Crippen MR) is 120 cm³/mol. The second kappa shape index (κ2) is 9.69. The number of hydrogen-bond acceptors (Lipinski definition) is 4. The zero-order valence-corrected chi connectivity index (χ0v) is 17.7. The third-order valence-corrected chi connectivity index (χ3v) is 5.86. The van der Waals surface area contributed by atoms with Crippen molar-refractivity contribution >= 4 is 17.5 Å². The van der Waals surface area contributed by atoms with Gasteiger partial charge in [0.25, 0.3) is 0 Å². The zero-order chi connectivity index (χ0) is 21.6. The Labute approximate surface area is 182 Å². The fraction of sp³-hybridized carbons (Fsp3) is 0.320. The molecule has 2 aromatic carbocycles. The largest absolute Gasteiger partial charge is 0.342 e. The average Bonchev–Trinajstić information content (AvgIpc) is 2.82. The first-order chi connectivity index (χ1) is 15.2. The molecule has 0 radical (unpaired) electrons. The normalized spacial score (nSPS) is 17.2. The summed E-state index contributed by atoms with van der Waals surface area (Å²) in [6.07, 6.45) is 4.35. The van der Waals surface area contributed by atoms with Crippen LogP contribution < -0.4 is 5.32 Å². The van der Waals surface area contributed by atoms with E-state index in [0.717, 1.165) is 37.1 Å². The molecule has 1 aliphatic rings. The predicted octanol–water partition coefficient (Wildman–Crippen LogP) is 5.26. The van der Waals surface area contributed by atoms with E-state index in [1.54, 1.807) is 24.4 Å². The van der Waals surface area contributed by atoms with Crippen LogP contribution in [0, 0.1) is 5.82 Å². The molecule has 160 valence electrons. The smallest absolute Gasteiger partial charge is 0.230 e. The highest BCUT2D eigenvalue weighted by Gasteiger charge is 2.30. The fourth-order valence-electron chi connectivity index (χ4n) is 4.22. The molecule has 1 aromatic heterocycles. The van der Waals surface area contributed by atoms with Gasteiger partial charge < -0.3 is 10.2 Å². The van der Waals surface area contributed by atoms with Gasteiger partial charge in [-0.05, 0) is 43.0 Å². The average molecular weight is 419 g/mol. The molecule has 6 heteroatoms. The van der Waals surface area contributed by atoms with Crippen LogP contribution in [0.2, 0.25) is 0 Å². The Kier molecular flexibility index (Phi) is 6.55. The Morgan fingerprint density at radius 2 is 1.94 bits per heavy atom. The Morgan fingerprint density at radius 1 is 1.16 bits per heavy atom. The van der Waals surface area contributed by atoms with Crippen molar-refractivity contribution in [3.05, 3.63) is 83.9 Å². The number of amides is 1. The van der Waals surface area contributed by atoms with Crippen molar-refractivity contribution in [3.63, 3.8) is 0 Å². The highest BCUT2D eigenvalue weighted by molar-refractivity contribution is 5.83. The molecule has 1 amide bonds. The van der Waals surface area contributed by atoms with Crippen LogP contribution in [0.5, 0.6) is 0 Å². The van der Waals surface area contributed by atoms with Crippen LogP contribution in [-0.4, -0.2) is 33.9 Å². The first kappa shape index (κ1) is 21.0. The lowest BCUT2D eigenvalue weighted by Gasteiger charge is -2.35. The first-order valence-electron chi connectivity index (χ1n) is 10.8. The highest BCUT2D eigenvalue weighted by Crippen LogP contribution is 2.30. The van der Waals surface area contributed by atoms with E-state index in [4.69, 9.17) is 0 Å². The molecular weight excluding hydrogens is 391 g/mol. The zero-order valence-electron chi connectivity index (χ0n) is 17.7. The third kappa shape index (κ3) is 4.90. The topological polar surface area (TPSA) is 58.1 Å². The van der Waals surface area contributed by atoms with Crippen molar-refractivity contribution in [1.29, 1.82) is 0 Å². The van der Waals surface area contributed by atoms with Crippen molar-refractivity contribution in [1.82, 2.24) is 14.9 Å². The van der Waals surface area contributed by atoms with Gasteiger partial charge >= 0.3 is 0 Å². The Hall–Kier alpha value is -3.28. The number of halogens is 1. The molecular formula is C25H27FN4O. The highest BCUT2D eigenvalue weighted by atomic mass is 19.1. The molecule has 2 atom stereocenters. The lowest BCUT2D eigenvalue weighted by atomic mass is 9.90. The molecule has 0 saturated carbocycles. The Balaban J connectivity index is 1.48. The van der Waals surface area contributed by atoms with E-state index in [9.17, 15) is 9.18 Å². The molecule has 3 aromatic rings. The van der Waals surface area contributed by atoms with Crippen molar-refractivity contribution in [2.45, 2.75) is 38.0 Å².